The molecule has 3 heteroatoms. The Bertz CT molecular complexity index is 677. The number of benzene rings is 2. The van der Waals surface area contributed by atoms with Gasteiger partial charge in [0.1, 0.15) is 0 Å². The summed E-state index contributed by atoms with van der Waals surface area (Å²) in [5, 5.41) is 11.2. The van der Waals surface area contributed by atoms with Crippen molar-refractivity contribution >= 4 is 5.69 Å². The molecule has 4 bridgehead atoms. The van der Waals surface area contributed by atoms with Crippen LogP contribution in [0.3, 0.4) is 0 Å². The van der Waals surface area contributed by atoms with Gasteiger partial charge in [-0.15, -0.1) is 0 Å². The molecule has 0 saturated carbocycles. The maximum atomic E-state index is 11.2. The SMILES string of the molecule is Cc1cc2ccc1CCc1ccc(c([N+](=O)[O-])c1)CC2. The zero-order valence-electron chi connectivity index (χ0n) is 11.6. The highest BCUT2D eigenvalue weighted by atomic mass is 16.6. The number of aryl methyl sites for hydroxylation is 5. The number of rotatable bonds is 1. The van der Waals surface area contributed by atoms with Gasteiger partial charge in [0.05, 0.1) is 4.92 Å². The molecule has 0 atom stereocenters. The van der Waals surface area contributed by atoms with E-state index in [1.54, 1.807) is 6.07 Å². The van der Waals surface area contributed by atoms with Crippen LogP contribution in [0, 0.1) is 17.0 Å². The second-order valence-electron chi connectivity index (χ2n) is 5.48. The van der Waals surface area contributed by atoms with Gasteiger partial charge in [-0.3, -0.25) is 10.1 Å². The second kappa shape index (κ2) is 5.08. The monoisotopic (exact) mass is 267 g/mol. The first-order valence-electron chi connectivity index (χ1n) is 6.98. The van der Waals surface area contributed by atoms with E-state index in [2.05, 4.69) is 25.1 Å². The molecule has 0 aromatic heterocycles. The van der Waals surface area contributed by atoms with Crippen LogP contribution in [0.4, 0.5) is 5.69 Å². The Kier molecular flexibility index (Phi) is 3.26. The van der Waals surface area contributed by atoms with Crippen LogP contribution < -0.4 is 0 Å². The normalized spacial score (nSPS) is 13.8. The minimum atomic E-state index is -0.252. The Morgan fingerprint density at radius 2 is 1.50 bits per heavy atom. The van der Waals surface area contributed by atoms with Gasteiger partial charge in [0.15, 0.2) is 0 Å². The van der Waals surface area contributed by atoms with E-state index in [-0.39, 0.29) is 10.6 Å². The summed E-state index contributed by atoms with van der Waals surface area (Å²) < 4.78 is 0. The first-order valence-corrected chi connectivity index (χ1v) is 6.98. The lowest BCUT2D eigenvalue weighted by atomic mass is 9.93. The number of nitro benzene ring substituents is 1. The number of nitro groups is 1. The smallest absolute Gasteiger partial charge is 0.258 e. The van der Waals surface area contributed by atoms with Gasteiger partial charge in [0.25, 0.3) is 5.69 Å². The van der Waals surface area contributed by atoms with E-state index in [0.717, 1.165) is 36.8 Å². The van der Waals surface area contributed by atoms with Gasteiger partial charge in [0.2, 0.25) is 0 Å². The molecular weight excluding hydrogens is 250 g/mol. The number of hydrogen-bond donors (Lipinski definition) is 0. The van der Waals surface area contributed by atoms with E-state index in [4.69, 9.17) is 0 Å². The summed E-state index contributed by atoms with van der Waals surface area (Å²) in [7, 11) is 0. The summed E-state index contributed by atoms with van der Waals surface area (Å²) >= 11 is 0. The second-order valence-corrected chi connectivity index (χ2v) is 5.48. The molecule has 0 aliphatic heterocycles. The lowest BCUT2D eigenvalue weighted by Gasteiger charge is -2.12. The van der Waals surface area contributed by atoms with E-state index in [1.165, 1.54) is 16.7 Å². The van der Waals surface area contributed by atoms with E-state index in [1.807, 2.05) is 12.1 Å². The van der Waals surface area contributed by atoms with Crippen molar-refractivity contribution in [2.75, 3.05) is 0 Å². The fraction of sp³-hybridized carbons (Fsp3) is 0.294. The first kappa shape index (κ1) is 12.9. The van der Waals surface area contributed by atoms with Crippen molar-refractivity contribution in [3.63, 3.8) is 0 Å². The molecule has 0 heterocycles. The van der Waals surface area contributed by atoms with Gasteiger partial charge in [-0.25, -0.2) is 0 Å². The average molecular weight is 267 g/mol. The van der Waals surface area contributed by atoms with Crippen LogP contribution in [0.25, 0.3) is 0 Å². The Labute approximate surface area is 118 Å². The Balaban J connectivity index is 2.05. The molecule has 102 valence electrons. The molecule has 0 spiro atoms. The van der Waals surface area contributed by atoms with Gasteiger partial charge in [0, 0.05) is 11.6 Å². The zero-order valence-corrected chi connectivity index (χ0v) is 11.6. The van der Waals surface area contributed by atoms with Crippen LogP contribution in [0.5, 0.6) is 0 Å². The Morgan fingerprint density at radius 1 is 0.900 bits per heavy atom. The summed E-state index contributed by atoms with van der Waals surface area (Å²) in [5.74, 6) is 0. The molecule has 0 radical (unpaired) electrons. The minimum absolute atomic E-state index is 0.252. The molecule has 0 saturated heterocycles. The lowest BCUT2D eigenvalue weighted by molar-refractivity contribution is -0.385. The van der Waals surface area contributed by atoms with Crippen LogP contribution in [0.2, 0.25) is 0 Å². The first-order chi connectivity index (χ1) is 9.63. The third kappa shape index (κ3) is 2.44. The Hall–Kier alpha value is -2.16. The maximum Gasteiger partial charge on any atom is 0.272 e. The van der Waals surface area contributed by atoms with Gasteiger partial charge < -0.3 is 0 Å². The molecule has 0 fully saturated rings. The highest BCUT2D eigenvalue weighted by Crippen LogP contribution is 2.25. The molecule has 0 amide bonds. The maximum absolute atomic E-state index is 11.2. The molecule has 3 nitrogen and oxygen atoms in total. The lowest BCUT2D eigenvalue weighted by Crippen LogP contribution is -2.03. The summed E-state index contributed by atoms with van der Waals surface area (Å²) in [4.78, 5) is 11.0. The van der Waals surface area contributed by atoms with E-state index >= 15 is 0 Å². The van der Waals surface area contributed by atoms with Gasteiger partial charge in [-0.05, 0) is 54.9 Å². The number of hydrogen-bond acceptors (Lipinski definition) is 2. The average Bonchev–Trinajstić information content (AvgIpc) is 2.42. The Morgan fingerprint density at radius 3 is 2.15 bits per heavy atom. The molecule has 0 N–H and O–H groups in total. The van der Waals surface area contributed by atoms with Crippen LogP contribution in [-0.4, -0.2) is 4.92 Å². The molecular formula is C17H17NO2. The van der Waals surface area contributed by atoms with Crippen LogP contribution >= 0.6 is 0 Å². The summed E-state index contributed by atoms with van der Waals surface area (Å²) in [5.41, 5.74) is 6.07. The zero-order chi connectivity index (χ0) is 14.1. The largest absolute Gasteiger partial charge is 0.272 e. The standard InChI is InChI=1S/C17H17NO2/c1-12-10-13-2-6-15(12)7-3-14-5-9-16(8-4-13)17(11-14)18(19)20/h2,5-6,9-11H,3-4,7-8H2,1H3. The topological polar surface area (TPSA) is 43.1 Å². The molecule has 20 heavy (non-hydrogen) atoms. The van der Waals surface area contributed by atoms with Crippen LogP contribution in [-0.2, 0) is 25.7 Å². The van der Waals surface area contributed by atoms with Crippen molar-refractivity contribution in [2.24, 2.45) is 0 Å². The fourth-order valence-electron chi connectivity index (χ4n) is 2.90. The van der Waals surface area contributed by atoms with E-state index in [9.17, 15) is 10.1 Å². The highest BCUT2D eigenvalue weighted by Gasteiger charge is 2.15. The molecule has 4 aliphatic carbocycles. The minimum Gasteiger partial charge on any atom is -0.258 e. The van der Waals surface area contributed by atoms with E-state index in [0.29, 0.717) is 0 Å². The van der Waals surface area contributed by atoms with Crippen molar-refractivity contribution < 1.29 is 4.92 Å². The van der Waals surface area contributed by atoms with Crippen LogP contribution in [0.15, 0.2) is 36.4 Å². The molecule has 0 unspecified atom stereocenters. The van der Waals surface area contributed by atoms with Crippen LogP contribution in [0.1, 0.15) is 27.8 Å². The van der Waals surface area contributed by atoms with Crippen molar-refractivity contribution in [1.29, 1.82) is 0 Å². The quantitative estimate of drug-likeness (QED) is 0.583. The number of nitrogens with zero attached hydrogens (tertiary/aromatic N) is 1. The highest BCUT2D eigenvalue weighted by molar-refractivity contribution is 5.45. The summed E-state index contributed by atoms with van der Waals surface area (Å²) in [6, 6.07) is 12.3. The third-order valence-corrected chi connectivity index (χ3v) is 4.12. The van der Waals surface area contributed by atoms with Crippen molar-refractivity contribution in [2.45, 2.75) is 32.6 Å². The predicted octanol–water partition coefficient (Wildman–Crippen LogP) is 3.79. The summed E-state index contributed by atoms with van der Waals surface area (Å²) in [6.07, 6.45) is 3.35. The molecule has 2 aromatic rings. The molecule has 4 aliphatic rings. The fourth-order valence-corrected chi connectivity index (χ4v) is 2.90. The summed E-state index contributed by atoms with van der Waals surface area (Å²) in [6.45, 7) is 2.15. The van der Waals surface area contributed by atoms with Gasteiger partial charge in [-0.2, -0.15) is 0 Å². The van der Waals surface area contributed by atoms with Crippen molar-refractivity contribution in [3.8, 4) is 0 Å². The van der Waals surface area contributed by atoms with Gasteiger partial charge >= 0.3 is 0 Å². The molecule has 2 aromatic carbocycles. The predicted molar refractivity (Wildman–Crippen MR) is 79.1 cm³/mol. The van der Waals surface area contributed by atoms with Crippen molar-refractivity contribution in [1.82, 2.24) is 0 Å². The third-order valence-electron chi connectivity index (χ3n) is 4.12. The van der Waals surface area contributed by atoms with Crippen molar-refractivity contribution in [3.05, 3.63) is 74.3 Å². The molecule has 6 rings (SSSR count). The van der Waals surface area contributed by atoms with Gasteiger partial charge in [-0.1, -0.05) is 30.3 Å². The van der Waals surface area contributed by atoms with E-state index < -0.39 is 0 Å².